The Balaban J connectivity index is 1.43. The molecular weight excluding hydrogens is 392 g/mol. The van der Waals surface area contributed by atoms with E-state index in [1.54, 1.807) is 13.4 Å². The number of nitrogens with zero attached hydrogens (tertiary/aromatic N) is 3. The summed E-state index contributed by atoms with van der Waals surface area (Å²) in [4.78, 5) is 25.6. The van der Waals surface area contributed by atoms with E-state index in [2.05, 4.69) is 14.9 Å². The second-order valence-electron chi connectivity index (χ2n) is 7.84. The molecule has 1 N–H and O–H groups in total. The fourth-order valence-corrected chi connectivity index (χ4v) is 4.42. The summed E-state index contributed by atoms with van der Waals surface area (Å²) in [7, 11) is 1.65. The Hall–Kier alpha value is -3.32. The van der Waals surface area contributed by atoms with E-state index < -0.39 is 0 Å². The first kappa shape index (κ1) is 19.6. The predicted molar refractivity (Wildman–Crippen MR) is 118 cm³/mol. The van der Waals surface area contributed by atoms with Gasteiger partial charge in [-0.1, -0.05) is 12.1 Å². The number of aromatic nitrogens is 2. The van der Waals surface area contributed by atoms with E-state index in [4.69, 9.17) is 9.47 Å². The summed E-state index contributed by atoms with van der Waals surface area (Å²) in [6, 6.07) is 15.6. The number of imidazole rings is 1. The molecule has 1 saturated heterocycles. The van der Waals surface area contributed by atoms with Crippen molar-refractivity contribution in [3.05, 3.63) is 77.4 Å². The number of rotatable bonds is 4. The van der Waals surface area contributed by atoms with E-state index >= 15 is 0 Å². The fraction of sp³-hybridized carbons (Fsp3) is 0.333. The molecule has 3 heterocycles. The van der Waals surface area contributed by atoms with Gasteiger partial charge in [-0.25, -0.2) is 4.98 Å². The smallest absolute Gasteiger partial charge is 0.254 e. The van der Waals surface area contributed by atoms with Gasteiger partial charge in [-0.2, -0.15) is 0 Å². The number of hydrogen-bond acceptors (Lipinski definition) is 5. The standard InChI is InChI=1S/C24H26N4O3/c1-30-20-8-4-17(5-9-20)23-22-21(25-16-26-22)10-11-28(23)24(29)18-2-6-19(7-3-18)27-12-14-31-15-13-27/h2-9,16,23H,10-15H2,1H3,(H,25,26)/t23-/m1/s1. The maximum atomic E-state index is 13.6. The number of amides is 1. The Labute approximate surface area is 181 Å². The van der Waals surface area contributed by atoms with Crippen LogP contribution in [-0.2, 0) is 11.2 Å². The van der Waals surface area contributed by atoms with Gasteiger partial charge in [0.15, 0.2) is 0 Å². The van der Waals surface area contributed by atoms with Crippen molar-refractivity contribution >= 4 is 11.6 Å². The lowest BCUT2D eigenvalue weighted by molar-refractivity contribution is 0.0690. The van der Waals surface area contributed by atoms with E-state index in [1.165, 1.54) is 0 Å². The first-order valence-electron chi connectivity index (χ1n) is 10.6. The van der Waals surface area contributed by atoms with Gasteiger partial charge in [-0.15, -0.1) is 0 Å². The summed E-state index contributed by atoms with van der Waals surface area (Å²) in [5, 5.41) is 0. The molecule has 3 aromatic rings. The van der Waals surface area contributed by atoms with Gasteiger partial charge in [0, 0.05) is 43.0 Å². The molecule has 1 amide bonds. The summed E-state index contributed by atoms with van der Waals surface area (Å²) in [5.41, 5.74) is 4.84. The molecule has 0 unspecified atom stereocenters. The topological polar surface area (TPSA) is 70.7 Å². The minimum Gasteiger partial charge on any atom is -0.497 e. The number of aromatic amines is 1. The largest absolute Gasteiger partial charge is 0.497 e. The number of fused-ring (bicyclic) bond motifs is 1. The van der Waals surface area contributed by atoms with Crippen LogP contribution >= 0.6 is 0 Å². The third-order valence-electron chi connectivity index (χ3n) is 6.11. The summed E-state index contributed by atoms with van der Waals surface area (Å²) >= 11 is 0. The van der Waals surface area contributed by atoms with Gasteiger partial charge < -0.3 is 24.3 Å². The molecule has 0 spiro atoms. The number of carbonyl (C=O) groups is 1. The molecule has 1 aromatic heterocycles. The molecule has 7 nitrogen and oxygen atoms in total. The van der Waals surface area contributed by atoms with Crippen LogP contribution in [0.4, 0.5) is 5.69 Å². The number of H-pyrrole nitrogens is 1. The Morgan fingerprint density at radius 3 is 2.52 bits per heavy atom. The van der Waals surface area contributed by atoms with Crippen molar-refractivity contribution in [1.82, 2.24) is 14.9 Å². The Morgan fingerprint density at radius 1 is 1.06 bits per heavy atom. The highest BCUT2D eigenvalue weighted by atomic mass is 16.5. The molecule has 0 saturated carbocycles. The van der Waals surface area contributed by atoms with Gasteiger partial charge in [0.1, 0.15) is 11.8 Å². The van der Waals surface area contributed by atoms with Crippen molar-refractivity contribution in [1.29, 1.82) is 0 Å². The molecular formula is C24H26N4O3. The van der Waals surface area contributed by atoms with Crippen molar-refractivity contribution in [3.8, 4) is 5.75 Å². The van der Waals surface area contributed by atoms with Gasteiger partial charge in [0.05, 0.1) is 32.3 Å². The van der Waals surface area contributed by atoms with Crippen LogP contribution in [-0.4, -0.2) is 60.7 Å². The molecule has 7 heteroatoms. The lowest BCUT2D eigenvalue weighted by Crippen LogP contribution is -2.40. The second kappa shape index (κ2) is 8.43. The third kappa shape index (κ3) is 3.77. The van der Waals surface area contributed by atoms with Crippen molar-refractivity contribution in [2.24, 2.45) is 0 Å². The van der Waals surface area contributed by atoms with Gasteiger partial charge >= 0.3 is 0 Å². The zero-order valence-electron chi connectivity index (χ0n) is 17.6. The molecule has 160 valence electrons. The summed E-state index contributed by atoms with van der Waals surface area (Å²) in [5.74, 6) is 0.807. The number of ether oxygens (including phenoxy) is 2. The first-order valence-corrected chi connectivity index (χ1v) is 10.6. The Morgan fingerprint density at radius 2 is 1.81 bits per heavy atom. The van der Waals surface area contributed by atoms with E-state index in [-0.39, 0.29) is 11.9 Å². The maximum absolute atomic E-state index is 13.6. The Bertz CT molecular complexity index is 1040. The lowest BCUT2D eigenvalue weighted by Gasteiger charge is -2.35. The van der Waals surface area contributed by atoms with Crippen LogP contribution in [0.1, 0.15) is 33.4 Å². The highest BCUT2D eigenvalue weighted by Crippen LogP contribution is 2.35. The first-order chi connectivity index (χ1) is 15.2. The number of carbonyl (C=O) groups excluding carboxylic acids is 1. The van der Waals surface area contributed by atoms with Gasteiger partial charge in [0.25, 0.3) is 5.91 Å². The monoisotopic (exact) mass is 418 g/mol. The van der Waals surface area contributed by atoms with E-state index in [9.17, 15) is 4.79 Å². The van der Waals surface area contributed by atoms with Crippen molar-refractivity contribution in [2.45, 2.75) is 12.5 Å². The van der Waals surface area contributed by atoms with E-state index in [1.807, 2.05) is 53.4 Å². The number of hydrogen-bond donors (Lipinski definition) is 1. The quantitative estimate of drug-likeness (QED) is 0.705. The molecule has 31 heavy (non-hydrogen) atoms. The van der Waals surface area contributed by atoms with Crippen LogP contribution in [0.25, 0.3) is 0 Å². The SMILES string of the molecule is COc1ccc([C@@H]2c3nc[nH]c3CCN2C(=O)c2ccc(N3CCOCC3)cc2)cc1. The molecule has 0 radical (unpaired) electrons. The lowest BCUT2D eigenvalue weighted by atomic mass is 9.94. The number of benzene rings is 2. The molecule has 2 aliphatic rings. The average molecular weight is 418 g/mol. The average Bonchev–Trinajstić information content (AvgIpc) is 3.33. The molecule has 5 rings (SSSR count). The van der Waals surface area contributed by atoms with Gasteiger partial charge in [-0.3, -0.25) is 4.79 Å². The zero-order chi connectivity index (χ0) is 21.2. The maximum Gasteiger partial charge on any atom is 0.254 e. The minimum atomic E-state index is -0.229. The molecule has 1 atom stereocenters. The molecule has 2 aromatic carbocycles. The van der Waals surface area contributed by atoms with Crippen LogP contribution in [0.5, 0.6) is 5.75 Å². The number of morpholine rings is 1. The van der Waals surface area contributed by atoms with Crippen molar-refractivity contribution in [3.63, 3.8) is 0 Å². The van der Waals surface area contributed by atoms with Crippen LogP contribution in [0.2, 0.25) is 0 Å². The minimum absolute atomic E-state index is 0.0167. The number of anilines is 1. The van der Waals surface area contributed by atoms with Crippen molar-refractivity contribution in [2.75, 3.05) is 44.9 Å². The van der Waals surface area contributed by atoms with E-state index in [0.717, 1.165) is 61.1 Å². The van der Waals surface area contributed by atoms with Crippen LogP contribution in [0.15, 0.2) is 54.9 Å². The summed E-state index contributed by atoms with van der Waals surface area (Å²) in [6.07, 6.45) is 2.48. The molecule has 0 bridgehead atoms. The third-order valence-corrected chi connectivity index (χ3v) is 6.11. The van der Waals surface area contributed by atoms with Crippen LogP contribution < -0.4 is 9.64 Å². The molecule has 0 aliphatic carbocycles. The number of nitrogens with one attached hydrogen (secondary N) is 1. The van der Waals surface area contributed by atoms with Crippen LogP contribution in [0, 0.1) is 0 Å². The van der Waals surface area contributed by atoms with Crippen molar-refractivity contribution < 1.29 is 14.3 Å². The van der Waals surface area contributed by atoms with Gasteiger partial charge in [0.2, 0.25) is 0 Å². The second-order valence-corrected chi connectivity index (χ2v) is 7.84. The van der Waals surface area contributed by atoms with E-state index in [0.29, 0.717) is 12.1 Å². The van der Waals surface area contributed by atoms with Gasteiger partial charge in [-0.05, 0) is 42.0 Å². The summed E-state index contributed by atoms with van der Waals surface area (Å²) in [6.45, 7) is 3.87. The predicted octanol–water partition coefficient (Wildman–Crippen LogP) is 3.04. The molecule has 2 aliphatic heterocycles. The zero-order valence-corrected chi connectivity index (χ0v) is 17.6. The Kier molecular flexibility index (Phi) is 5.34. The summed E-state index contributed by atoms with van der Waals surface area (Å²) < 4.78 is 10.7. The fourth-order valence-electron chi connectivity index (χ4n) is 4.42. The highest BCUT2D eigenvalue weighted by Gasteiger charge is 2.34. The molecule has 1 fully saturated rings. The normalized spacial score (nSPS) is 18.5. The van der Waals surface area contributed by atoms with Crippen LogP contribution in [0.3, 0.4) is 0 Å². The number of methoxy groups -OCH3 is 1. The highest BCUT2D eigenvalue weighted by molar-refractivity contribution is 5.95.